The Balaban J connectivity index is 0.00000110. The Bertz CT molecular complexity index is 1150. The Morgan fingerprint density at radius 3 is 2.33 bits per heavy atom. The van der Waals surface area contributed by atoms with Crippen molar-refractivity contribution in [2.24, 2.45) is 16.8 Å². The van der Waals surface area contributed by atoms with Crippen LogP contribution in [0.4, 0.5) is 8.78 Å². The maximum Gasteiger partial charge on any atom is 0.257 e. The van der Waals surface area contributed by atoms with Crippen LogP contribution in [0.2, 0.25) is 0 Å². The predicted molar refractivity (Wildman–Crippen MR) is 176 cm³/mol. The van der Waals surface area contributed by atoms with Crippen LogP contribution in [-0.2, 0) is 0 Å². The summed E-state index contributed by atoms with van der Waals surface area (Å²) in [4.78, 5) is 19.9. The second-order valence-corrected chi connectivity index (χ2v) is 9.46. The van der Waals surface area contributed by atoms with Gasteiger partial charge in [0.25, 0.3) is 12.3 Å². The second-order valence-electron chi connectivity index (χ2n) is 9.46. The normalized spacial score (nSPS) is 25.8. The Labute approximate surface area is 258 Å². The van der Waals surface area contributed by atoms with Gasteiger partial charge in [-0.15, -0.1) is 0 Å². The quantitative estimate of drug-likeness (QED) is 0.439. The number of aliphatic imine (C=N–C) groups is 1. The van der Waals surface area contributed by atoms with E-state index >= 15 is 0 Å². The summed E-state index contributed by atoms with van der Waals surface area (Å²) in [7, 11) is 0. The predicted octanol–water partition coefficient (Wildman–Crippen LogP) is 6.11. The summed E-state index contributed by atoms with van der Waals surface area (Å²) < 4.78 is 27.2. The van der Waals surface area contributed by atoms with E-state index in [0.29, 0.717) is 12.1 Å². The van der Waals surface area contributed by atoms with Gasteiger partial charge in [0.1, 0.15) is 6.34 Å². The number of piperidine rings is 1. The van der Waals surface area contributed by atoms with Crippen molar-refractivity contribution < 1.29 is 13.6 Å². The monoisotopic (exact) mass is 613 g/mol. The molecule has 2 saturated heterocycles. The lowest BCUT2D eigenvalue weighted by atomic mass is 9.83. The number of hydrogen-bond donors (Lipinski definition) is 2. The van der Waals surface area contributed by atoms with Gasteiger partial charge in [0.15, 0.2) is 6.29 Å². The van der Waals surface area contributed by atoms with Gasteiger partial charge in [-0.2, -0.15) is 40.5 Å². The number of hydrogen-bond acceptors (Lipinski definition) is 5. The molecule has 2 N–H and O–H groups in total. The second kappa shape index (κ2) is 16.5. The molecule has 0 aromatic heterocycles. The molecule has 1 aliphatic carbocycles. The van der Waals surface area contributed by atoms with Crippen LogP contribution in [0.15, 0.2) is 59.2 Å². The molecule has 6 nitrogen and oxygen atoms in total. The van der Waals surface area contributed by atoms with Crippen molar-refractivity contribution in [1.29, 1.82) is 0 Å². The zero-order valence-corrected chi connectivity index (χ0v) is 26.7. The molecular weight excluding hydrogens is 569 g/mol. The minimum atomic E-state index is -2.49. The van der Waals surface area contributed by atoms with Crippen LogP contribution in [-0.4, -0.2) is 53.5 Å². The molecule has 1 saturated carbocycles. The van der Waals surface area contributed by atoms with Crippen LogP contribution >= 0.6 is 40.5 Å². The van der Waals surface area contributed by atoms with E-state index in [1.807, 2.05) is 80.1 Å². The maximum absolute atomic E-state index is 13.6. The number of alkyl halides is 2. The molecule has 1 amide bonds. The van der Waals surface area contributed by atoms with Crippen molar-refractivity contribution in [2.45, 2.75) is 78.2 Å². The largest absolute Gasteiger partial charge is 0.335 e. The fourth-order valence-corrected chi connectivity index (χ4v) is 5.99. The molecule has 5 atom stereocenters. The number of nitrogens with zero attached hydrogens (tertiary/aromatic N) is 3. The first-order chi connectivity index (χ1) is 18.1. The summed E-state index contributed by atoms with van der Waals surface area (Å²) in [6.45, 7) is 8.66. The van der Waals surface area contributed by atoms with E-state index < -0.39 is 18.8 Å². The number of fused-ring (bicyclic) bond motifs is 6. The number of rotatable bonds is 3. The number of carbonyl (C=O) groups is 1. The Hall–Kier alpha value is -1.95. The van der Waals surface area contributed by atoms with Crippen molar-refractivity contribution in [1.82, 2.24) is 20.7 Å². The Morgan fingerprint density at radius 2 is 1.62 bits per heavy atom. The van der Waals surface area contributed by atoms with E-state index in [1.54, 1.807) is 12.4 Å². The minimum Gasteiger partial charge on any atom is -0.335 e. The van der Waals surface area contributed by atoms with Crippen molar-refractivity contribution in [3.63, 3.8) is 0 Å². The van der Waals surface area contributed by atoms with Crippen LogP contribution in [0, 0.1) is 11.8 Å². The lowest BCUT2D eigenvalue weighted by Crippen LogP contribution is -2.56. The van der Waals surface area contributed by atoms with E-state index in [2.05, 4.69) is 15.7 Å². The van der Waals surface area contributed by atoms with E-state index in [9.17, 15) is 13.6 Å². The minimum absolute atomic E-state index is 0. The summed E-state index contributed by atoms with van der Waals surface area (Å²) >= 11 is 0. The van der Waals surface area contributed by atoms with Gasteiger partial charge < -0.3 is 4.90 Å². The zero-order valence-electron chi connectivity index (χ0n) is 23.7. The molecule has 5 aliphatic rings. The summed E-state index contributed by atoms with van der Waals surface area (Å²) in [6.07, 6.45) is 3.93. The lowest BCUT2D eigenvalue weighted by Gasteiger charge is -2.42. The number of halogens is 2. The van der Waals surface area contributed by atoms with Gasteiger partial charge >= 0.3 is 0 Å². The molecule has 4 heterocycles. The third-order valence-corrected chi connectivity index (χ3v) is 7.66. The molecule has 0 spiro atoms. The summed E-state index contributed by atoms with van der Waals surface area (Å²) in [6, 6.07) is 13.1. The standard InChI is InChI=1S/C25H27F2N5O.2C2H6.3H2S/c26-23(27)21-12-22(32-25(30-21)28-14-29-32)20-10-9-19-8-7-18(20)13-31(19)24(33)17-6-5-15-3-1-2-4-16(15)11-17;2*1-2;;;/h1-6,11-12,14,18-21,23,25,30H,7-10,13H2,(H,28,29);2*1-2H3;3*1H2/t18-,19+,20-,21?,25?;;;;;/m0...../s1. The first-order valence-corrected chi connectivity index (χ1v) is 13.7. The Morgan fingerprint density at radius 1 is 0.950 bits per heavy atom. The molecule has 0 radical (unpaired) electrons. The average molecular weight is 614 g/mol. The van der Waals surface area contributed by atoms with Crippen LogP contribution in [0.3, 0.4) is 0 Å². The van der Waals surface area contributed by atoms with Crippen molar-refractivity contribution in [3.8, 4) is 0 Å². The highest BCUT2D eigenvalue weighted by Crippen LogP contribution is 2.43. The summed E-state index contributed by atoms with van der Waals surface area (Å²) in [5.41, 5.74) is 4.70. The molecule has 4 aliphatic heterocycles. The third kappa shape index (κ3) is 7.27. The molecule has 2 aromatic carbocycles. The van der Waals surface area contributed by atoms with Gasteiger partial charge in [-0.1, -0.05) is 58.0 Å². The number of nitrogens with one attached hydrogen (secondary N) is 2. The number of benzene rings is 2. The molecule has 2 aromatic rings. The van der Waals surface area contributed by atoms with E-state index in [0.717, 1.165) is 42.2 Å². The molecule has 2 unspecified atom stereocenters. The van der Waals surface area contributed by atoms with Gasteiger partial charge in [-0.05, 0) is 60.6 Å². The van der Waals surface area contributed by atoms with Gasteiger partial charge in [-0.3, -0.25) is 20.5 Å². The van der Waals surface area contributed by atoms with E-state index in [-0.39, 0.29) is 64.3 Å². The number of amides is 1. The number of hydrazine groups is 1. The van der Waals surface area contributed by atoms with Crippen molar-refractivity contribution in [3.05, 3.63) is 59.8 Å². The molecular formula is C29H45F2N5OS3. The molecule has 224 valence electrons. The van der Waals surface area contributed by atoms with Gasteiger partial charge in [-0.25, -0.2) is 13.8 Å². The lowest BCUT2D eigenvalue weighted by molar-refractivity contribution is 0.0510. The molecule has 3 fully saturated rings. The topological polar surface area (TPSA) is 60.0 Å². The highest BCUT2D eigenvalue weighted by molar-refractivity contribution is 7.59. The number of carbonyl (C=O) groups excluding carboxylic acids is 1. The fourth-order valence-electron chi connectivity index (χ4n) is 5.99. The third-order valence-electron chi connectivity index (χ3n) is 7.66. The van der Waals surface area contributed by atoms with Crippen LogP contribution in [0.5, 0.6) is 0 Å². The average Bonchev–Trinajstić information content (AvgIpc) is 3.26. The van der Waals surface area contributed by atoms with Crippen LogP contribution < -0.4 is 10.7 Å². The highest BCUT2D eigenvalue weighted by Gasteiger charge is 2.44. The summed E-state index contributed by atoms with van der Waals surface area (Å²) in [5.74, 6) is 0.421. The Kier molecular flexibility index (Phi) is 14.9. The van der Waals surface area contributed by atoms with Gasteiger partial charge in [0.2, 0.25) is 0 Å². The van der Waals surface area contributed by atoms with Gasteiger partial charge in [0, 0.05) is 29.8 Å². The first kappa shape index (κ1) is 36.1. The van der Waals surface area contributed by atoms with E-state index in [1.165, 1.54) is 0 Å². The molecule has 11 heteroatoms. The maximum atomic E-state index is 13.6. The van der Waals surface area contributed by atoms with Crippen molar-refractivity contribution >= 4 is 63.5 Å². The van der Waals surface area contributed by atoms with Crippen LogP contribution in [0.1, 0.15) is 63.7 Å². The zero-order chi connectivity index (χ0) is 26.5. The SMILES string of the molecule is CC.CC.O=C(c1ccc2ccccc2c1)N1C[C@@H]2CC[C@@H]1CC[C@@H]2C1=CC(C(F)F)NC2N=CNN12.S.S.S. The van der Waals surface area contributed by atoms with Gasteiger partial charge in [0.05, 0.1) is 6.04 Å². The fraction of sp³-hybridized carbons (Fsp3) is 0.517. The summed E-state index contributed by atoms with van der Waals surface area (Å²) in [5, 5.41) is 6.93. The molecule has 40 heavy (non-hydrogen) atoms. The smallest absolute Gasteiger partial charge is 0.257 e. The van der Waals surface area contributed by atoms with E-state index in [4.69, 9.17) is 0 Å². The first-order valence-electron chi connectivity index (χ1n) is 13.7. The number of allylic oxidation sites excluding steroid dienone is 1. The highest BCUT2D eigenvalue weighted by atomic mass is 32.1. The molecule has 7 rings (SSSR count). The van der Waals surface area contributed by atoms with Crippen LogP contribution in [0.25, 0.3) is 10.8 Å². The molecule has 2 bridgehead atoms. The van der Waals surface area contributed by atoms with Crippen molar-refractivity contribution in [2.75, 3.05) is 6.54 Å².